The molecular weight excluding hydrogens is 268 g/mol. The van der Waals surface area contributed by atoms with Gasteiger partial charge in [0.15, 0.2) is 5.76 Å². The van der Waals surface area contributed by atoms with Crippen molar-refractivity contribution in [1.82, 2.24) is 10.1 Å². The minimum absolute atomic E-state index is 0.150. The molecular formula is C12H14N2O4S. The van der Waals surface area contributed by atoms with E-state index in [2.05, 4.69) is 14.9 Å². The summed E-state index contributed by atoms with van der Waals surface area (Å²) in [7, 11) is 1.39. The molecule has 0 saturated heterocycles. The minimum atomic E-state index is -0.214. The van der Waals surface area contributed by atoms with Gasteiger partial charge in [0, 0.05) is 5.75 Å². The number of carbonyl (C=O) groups excluding carboxylic acids is 1. The van der Waals surface area contributed by atoms with Crippen LogP contribution in [-0.4, -0.2) is 29.0 Å². The van der Waals surface area contributed by atoms with Crippen LogP contribution in [0.3, 0.4) is 0 Å². The second kappa shape index (κ2) is 6.42. The third kappa shape index (κ3) is 3.60. The molecule has 1 atom stereocenters. The molecule has 19 heavy (non-hydrogen) atoms. The minimum Gasteiger partial charge on any atom is -0.469 e. The summed E-state index contributed by atoms with van der Waals surface area (Å²) in [5.74, 6) is 2.34. The number of hydrogen-bond acceptors (Lipinski definition) is 7. The molecule has 2 heterocycles. The number of carbonyl (C=O) groups is 1. The summed E-state index contributed by atoms with van der Waals surface area (Å²) < 4.78 is 14.9. The van der Waals surface area contributed by atoms with Crippen LogP contribution < -0.4 is 0 Å². The Labute approximate surface area is 114 Å². The van der Waals surface area contributed by atoms with Gasteiger partial charge >= 0.3 is 5.97 Å². The van der Waals surface area contributed by atoms with E-state index in [0.29, 0.717) is 29.0 Å². The van der Waals surface area contributed by atoms with Crippen molar-refractivity contribution in [1.29, 1.82) is 0 Å². The normalized spacial score (nSPS) is 12.3. The maximum Gasteiger partial charge on any atom is 0.309 e. The second-order valence-electron chi connectivity index (χ2n) is 3.93. The summed E-state index contributed by atoms with van der Waals surface area (Å²) in [4.78, 5) is 15.4. The van der Waals surface area contributed by atoms with Gasteiger partial charge in [0.1, 0.15) is 0 Å². The van der Waals surface area contributed by atoms with Crippen LogP contribution in [0.1, 0.15) is 12.8 Å². The lowest BCUT2D eigenvalue weighted by Crippen LogP contribution is -2.14. The molecule has 0 spiro atoms. The van der Waals surface area contributed by atoms with Crippen molar-refractivity contribution >= 4 is 17.7 Å². The van der Waals surface area contributed by atoms with Crippen molar-refractivity contribution in [3.8, 4) is 11.6 Å². The molecule has 102 valence electrons. The number of hydrogen-bond donors (Lipinski definition) is 0. The molecule has 0 bridgehead atoms. The number of ether oxygens (including phenoxy) is 1. The van der Waals surface area contributed by atoms with E-state index in [9.17, 15) is 4.79 Å². The van der Waals surface area contributed by atoms with Gasteiger partial charge in [-0.1, -0.05) is 12.1 Å². The molecule has 2 aromatic rings. The predicted molar refractivity (Wildman–Crippen MR) is 69.3 cm³/mol. The lowest BCUT2D eigenvalue weighted by Gasteiger charge is -2.06. The number of esters is 1. The maximum atomic E-state index is 11.2. The molecule has 0 aliphatic carbocycles. The molecule has 0 aliphatic rings. The highest BCUT2D eigenvalue weighted by molar-refractivity contribution is 7.98. The van der Waals surface area contributed by atoms with E-state index in [1.165, 1.54) is 7.11 Å². The van der Waals surface area contributed by atoms with Crippen LogP contribution in [0.5, 0.6) is 0 Å². The van der Waals surface area contributed by atoms with Gasteiger partial charge < -0.3 is 13.7 Å². The molecule has 0 amide bonds. The van der Waals surface area contributed by atoms with Crippen molar-refractivity contribution in [3.63, 3.8) is 0 Å². The van der Waals surface area contributed by atoms with E-state index >= 15 is 0 Å². The number of thioether (sulfide) groups is 1. The quantitative estimate of drug-likeness (QED) is 0.752. The average molecular weight is 282 g/mol. The zero-order valence-corrected chi connectivity index (χ0v) is 11.5. The molecule has 0 aromatic carbocycles. The molecule has 0 N–H and O–H groups in total. The molecule has 2 aromatic heterocycles. The Morgan fingerprint density at radius 1 is 1.58 bits per heavy atom. The van der Waals surface area contributed by atoms with Crippen LogP contribution in [0.2, 0.25) is 0 Å². The zero-order chi connectivity index (χ0) is 13.7. The molecule has 2 rings (SSSR count). The Balaban J connectivity index is 1.83. The van der Waals surface area contributed by atoms with Gasteiger partial charge in [-0.25, -0.2) is 0 Å². The molecule has 0 aliphatic heterocycles. The van der Waals surface area contributed by atoms with Crippen LogP contribution in [0.25, 0.3) is 11.6 Å². The van der Waals surface area contributed by atoms with E-state index < -0.39 is 0 Å². The zero-order valence-electron chi connectivity index (χ0n) is 10.7. The standard InChI is InChI=1S/C12H14N2O4S/c1-8(12(15)16-2)6-19-7-10-13-11(14-18-10)9-4-3-5-17-9/h3-5,8H,6-7H2,1-2H3. The summed E-state index contributed by atoms with van der Waals surface area (Å²) in [6, 6.07) is 3.53. The Hall–Kier alpha value is -1.76. The lowest BCUT2D eigenvalue weighted by molar-refractivity contribution is -0.143. The summed E-state index contributed by atoms with van der Waals surface area (Å²) in [5, 5.41) is 3.82. The number of furan rings is 1. The van der Waals surface area contributed by atoms with Crippen LogP contribution >= 0.6 is 11.8 Å². The van der Waals surface area contributed by atoms with Crippen molar-refractivity contribution < 1.29 is 18.5 Å². The number of methoxy groups -OCH3 is 1. The Morgan fingerprint density at radius 3 is 3.11 bits per heavy atom. The molecule has 0 fully saturated rings. The topological polar surface area (TPSA) is 78.4 Å². The van der Waals surface area contributed by atoms with Crippen LogP contribution in [0, 0.1) is 5.92 Å². The van der Waals surface area contributed by atoms with Crippen molar-refractivity contribution in [2.24, 2.45) is 5.92 Å². The number of nitrogens with zero attached hydrogens (tertiary/aromatic N) is 2. The van der Waals surface area contributed by atoms with Gasteiger partial charge in [-0.2, -0.15) is 16.7 Å². The fraction of sp³-hybridized carbons (Fsp3) is 0.417. The first-order chi connectivity index (χ1) is 9.20. The van der Waals surface area contributed by atoms with Gasteiger partial charge in [0.25, 0.3) is 0 Å². The van der Waals surface area contributed by atoms with E-state index in [4.69, 9.17) is 8.94 Å². The summed E-state index contributed by atoms with van der Waals surface area (Å²) >= 11 is 1.54. The van der Waals surface area contributed by atoms with Crippen LogP contribution in [-0.2, 0) is 15.3 Å². The molecule has 1 unspecified atom stereocenters. The predicted octanol–water partition coefficient (Wildman–Crippen LogP) is 2.37. The van der Waals surface area contributed by atoms with E-state index in [-0.39, 0.29) is 11.9 Å². The summed E-state index contributed by atoms with van der Waals surface area (Å²) in [6.45, 7) is 1.82. The molecule has 0 radical (unpaired) electrons. The lowest BCUT2D eigenvalue weighted by atomic mass is 10.2. The van der Waals surface area contributed by atoms with Crippen molar-refractivity contribution in [2.75, 3.05) is 12.9 Å². The Bertz CT molecular complexity index is 524. The first-order valence-electron chi connectivity index (χ1n) is 5.72. The highest BCUT2D eigenvalue weighted by atomic mass is 32.2. The van der Waals surface area contributed by atoms with Crippen molar-refractivity contribution in [2.45, 2.75) is 12.7 Å². The molecule has 7 heteroatoms. The van der Waals surface area contributed by atoms with E-state index in [1.54, 1.807) is 30.2 Å². The fourth-order valence-electron chi connectivity index (χ4n) is 1.41. The van der Waals surface area contributed by atoms with Crippen LogP contribution in [0.15, 0.2) is 27.3 Å². The van der Waals surface area contributed by atoms with Gasteiger partial charge in [0.05, 0.1) is 25.0 Å². The summed E-state index contributed by atoms with van der Waals surface area (Å²) in [6.07, 6.45) is 1.55. The fourth-order valence-corrected chi connectivity index (χ4v) is 2.31. The third-order valence-electron chi connectivity index (χ3n) is 2.41. The first-order valence-corrected chi connectivity index (χ1v) is 6.88. The largest absolute Gasteiger partial charge is 0.469 e. The second-order valence-corrected chi connectivity index (χ2v) is 4.96. The van der Waals surface area contributed by atoms with Crippen LogP contribution in [0.4, 0.5) is 0 Å². The molecule has 0 saturated carbocycles. The SMILES string of the molecule is COC(=O)C(C)CSCc1nc(-c2ccco2)no1. The monoisotopic (exact) mass is 282 g/mol. The first kappa shape index (κ1) is 13.7. The Morgan fingerprint density at radius 2 is 2.42 bits per heavy atom. The van der Waals surface area contributed by atoms with Gasteiger partial charge in [-0.05, 0) is 12.1 Å². The summed E-state index contributed by atoms with van der Waals surface area (Å²) in [5.41, 5.74) is 0. The van der Waals surface area contributed by atoms with Gasteiger partial charge in [-0.15, -0.1) is 0 Å². The maximum absolute atomic E-state index is 11.2. The van der Waals surface area contributed by atoms with Gasteiger partial charge in [0.2, 0.25) is 11.7 Å². The third-order valence-corrected chi connectivity index (χ3v) is 3.59. The highest BCUT2D eigenvalue weighted by Gasteiger charge is 2.15. The number of rotatable bonds is 6. The highest BCUT2D eigenvalue weighted by Crippen LogP contribution is 2.19. The van der Waals surface area contributed by atoms with E-state index in [0.717, 1.165) is 0 Å². The smallest absolute Gasteiger partial charge is 0.309 e. The number of aromatic nitrogens is 2. The van der Waals surface area contributed by atoms with Gasteiger partial charge in [-0.3, -0.25) is 4.79 Å². The average Bonchev–Trinajstić information content (AvgIpc) is 3.07. The van der Waals surface area contributed by atoms with E-state index in [1.807, 2.05) is 6.92 Å². The van der Waals surface area contributed by atoms with Crippen molar-refractivity contribution in [3.05, 3.63) is 24.3 Å². The Kier molecular flexibility index (Phi) is 4.62. The molecule has 6 nitrogen and oxygen atoms in total.